The van der Waals surface area contributed by atoms with E-state index in [1.54, 1.807) is 0 Å². The summed E-state index contributed by atoms with van der Waals surface area (Å²) in [5, 5.41) is 0. The van der Waals surface area contributed by atoms with Gasteiger partial charge in [-0.25, -0.2) is 0 Å². The number of rotatable bonds is 1. The van der Waals surface area contributed by atoms with Crippen molar-refractivity contribution in [3.05, 3.63) is 77.4 Å². The van der Waals surface area contributed by atoms with Gasteiger partial charge in [-0.05, 0) is 35.1 Å². The molecule has 78 valence electrons. The fraction of sp³-hybridized carbons (Fsp3) is 0.125. The molecule has 0 fully saturated rings. The van der Waals surface area contributed by atoms with Gasteiger partial charge in [0.05, 0.1) is 0 Å². The van der Waals surface area contributed by atoms with Crippen LogP contribution in [0.3, 0.4) is 0 Å². The van der Waals surface area contributed by atoms with Gasteiger partial charge in [-0.15, -0.1) is 0 Å². The van der Waals surface area contributed by atoms with E-state index in [9.17, 15) is 0 Å². The van der Waals surface area contributed by atoms with Crippen molar-refractivity contribution in [1.29, 1.82) is 0 Å². The average molecular weight is 206 g/mol. The van der Waals surface area contributed by atoms with Gasteiger partial charge in [-0.2, -0.15) is 0 Å². The average Bonchev–Trinajstić information content (AvgIpc) is 2.39. The second-order valence-corrected chi connectivity index (χ2v) is 4.24. The topological polar surface area (TPSA) is 0 Å². The smallest absolute Gasteiger partial charge is 0.00200 e. The first-order valence-corrected chi connectivity index (χ1v) is 5.75. The molecule has 0 radical (unpaired) electrons. The molecule has 0 amide bonds. The van der Waals surface area contributed by atoms with Crippen molar-refractivity contribution in [2.45, 2.75) is 12.8 Å². The quantitative estimate of drug-likeness (QED) is 0.664. The van der Waals surface area contributed by atoms with Crippen molar-refractivity contribution in [1.82, 2.24) is 0 Å². The van der Waals surface area contributed by atoms with E-state index in [0.29, 0.717) is 0 Å². The van der Waals surface area contributed by atoms with Gasteiger partial charge in [0.25, 0.3) is 0 Å². The van der Waals surface area contributed by atoms with Gasteiger partial charge in [0, 0.05) is 0 Å². The lowest BCUT2D eigenvalue weighted by atomic mass is 9.88. The third-order valence-electron chi connectivity index (χ3n) is 3.21. The first-order valence-electron chi connectivity index (χ1n) is 5.75. The molecule has 0 N–H and O–H groups in total. The fourth-order valence-electron chi connectivity index (χ4n) is 2.31. The molecule has 1 aliphatic carbocycles. The molecule has 0 heterocycles. The zero-order valence-corrected chi connectivity index (χ0v) is 9.19. The minimum atomic E-state index is 1.07. The second-order valence-electron chi connectivity index (χ2n) is 4.24. The molecule has 0 spiro atoms. The molecule has 0 aromatic heterocycles. The summed E-state index contributed by atoms with van der Waals surface area (Å²) in [4.78, 5) is 0. The number of allylic oxidation sites excluding steroid dienone is 2. The fourth-order valence-corrected chi connectivity index (χ4v) is 2.31. The predicted molar refractivity (Wildman–Crippen MR) is 68.3 cm³/mol. The molecule has 0 atom stereocenters. The summed E-state index contributed by atoms with van der Waals surface area (Å²) >= 11 is 0. The molecule has 0 nitrogen and oxygen atoms in total. The van der Waals surface area contributed by atoms with Crippen molar-refractivity contribution in [2.24, 2.45) is 0 Å². The highest BCUT2D eigenvalue weighted by molar-refractivity contribution is 5.70. The Morgan fingerprint density at radius 1 is 0.688 bits per heavy atom. The number of fused-ring (bicyclic) bond motifs is 1. The van der Waals surface area contributed by atoms with Gasteiger partial charge in [0.15, 0.2) is 0 Å². The standard InChI is InChI=1S/C16H14/c1-2-6-13(7-3-1)16-11-10-14-8-4-5-9-15(14)12-16/h1-9,11H,10,12H2. The Bertz CT molecular complexity index is 521. The summed E-state index contributed by atoms with van der Waals surface area (Å²) in [5.74, 6) is 0. The van der Waals surface area contributed by atoms with Crippen molar-refractivity contribution < 1.29 is 0 Å². The van der Waals surface area contributed by atoms with Gasteiger partial charge >= 0.3 is 0 Å². The molecular formula is C16H14. The SMILES string of the molecule is C1=C(c2ccccc2)Cc2ccccc2C1. The van der Waals surface area contributed by atoms with Crippen LogP contribution in [0.15, 0.2) is 60.7 Å². The summed E-state index contributed by atoms with van der Waals surface area (Å²) in [6.07, 6.45) is 4.50. The summed E-state index contributed by atoms with van der Waals surface area (Å²) in [7, 11) is 0. The van der Waals surface area contributed by atoms with Crippen LogP contribution in [0.5, 0.6) is 0 Å². The maximum absolute atomic E-state index is 2.36. The molecule has 16 heavy (non-hydrogen) atoms. The van der Waals surface area contributed by atoms with Crippen molar-refractivity contribution in [3.8, 4) is 0 Å². The molecule has 2 aromatic carbocycles. The zero-order valence-electron chi connectivity index (χ0n) is 9.19. The Morgan fingerprint density at radius 2 is 1.38 bits per heavy atom. The van der Waals surface area contributed by atoms with E-state index >= 15 is 0 Å². The van der Waals surface area contributed by atoms with E-state index in [4.69, 9.17) is 0 Å². The number of hydrogen-bond donors (Lipinski definition) is 0. The first kappa shape index (κ1) is 9.41. The lowest BCUT2D eigenvalue weighted by Crippen LogP contribution is -2.01. The Morgan fingerprint density at radius 3 is 2.19 bits per heavy atom. The lowest BCUT2D eigenvalue weighted by molar-refractivity contribution is 1.11. The highest BCUT2D eigenvalue weighted by atomic mass is 14.2. The molecule has 0 saturated carbocycles. The Balaban J connectivity index is 1.95. The third kappa shape index (κ3) is 1.67. The Labute approximate surface area is 96.3 Å². The minimum Gasteiger partial charge on any atom is -0.0760 e. The van der Waals surface area contributed by atoms with Gasteiger partial charge in [-0.1, -0.05) is 60.7 Å². The van der Waals surface area contributed by atoms with Crippen LogP contribution in [0.25, 0.3) is 5.57 Å². The molecular weight excluding hydrogens is 192 g/mol. The minimum absolute atomic E-state index is 1.07. The Kier molecular flexibility index (Phi) is 2.34. The molecule has 0 aliphatic heterocycles. The van der Waals surface area contributed by atoms with Crippen molar-refractivity contribution >= 4 is 5.57 Å². The van der Waals surface area contributed by atoms with Crippen LogP contribution in [0.4, 0.5) is 0 Å². The molecule has 3 rings (SSSR count). The van der Waals surface area contributed by atoms with Crippen LogP contribution in [0, 0.1) is 0 Å². The summed E-state index contributed by atoms with van der Waals surface area (Å²) in [5.41, 5.74) is 5.77. The van der Waals surface area contributed by atoms with Gasteiger partial charge in [0.2, 0.25) is 0 Å². The van der Waals surface area contributed by atoms with Gasteiger partial charge in [0.1, 0.15) is 0 Å². The van der Waals surface area contributed by atoms with E-state index in [1.807, 2.05) is 0 Å². The van der Waals surface area contributed by atoms with Crippen LogP contribution in [-0.2, 0) is 12.8 Å². The van der Waals surface area contributed by atoms with Crippen LogP contribution in [0.2, 0.25) is 0 Å². The maximum atomic E-state index is 2.36. The molecule has 0 bridgehead atoms. The summed E-state index contributed by atoms with van der Waals surface area (Å²) in [6.45, 7) is 0. The van der Waals surface area contributed by atoms with Crippen LogP contribution >= 0.6 is 0 Å². The zero-order chi connectivity index (χ0) is 10.8. The Hall–Kier alpha value is -1.82. The van der Waals surface area contributed by atoms with E-state index in [0.717, 1.165) is 12.8 Å². The van der Waals surface area contributed by atoms with Crippen LogP contribution < -0.4 is 0 Å². The highest BCUT2D eigenvalue weighted by Crippen LogP contribution is 2.27. The summed E-state index contributed by atoms with van der Waals surface area (Å²) in [6, 6.07) is 19.4. The molecule has 2 aromatic rings. The van der Waals surface area contributed by atoms with Crippen LogP contribution in [0.1, 0.15) is 16.7 Å². The predicted octanol–water partition coefficient (Wildman–Crippen LogP) is 3.87. The van der Waals surface area contributed by atoms with Crippen molar-refractivity contribution in [3.63, 3.8) is 0 Å². The van der Waals surface area contributed by atoms with Crippen LogP contribution in [-0.4, -0.2) is 0 Å². The van der Waals surface area contributed by atoms with E-state index in [-0.39, 0.29) is 0 Å². The van der Waals surface area contributed by atoms with E-state index in [1.165, 1.54) is 22.3 Å². The van der Waals surface area contributed by atoms with Gasteiger partial charge in [-0.3, -0.25) is 0 Å². The van der Waals surface area contributed by atoms with Gasteiger partial charge < -0.3 is 0 Å². The number of benzene rings is 2. The largest absolute Gasteiger partial charge is 0.0760 e. The summed E-state index contributed by atoms with van der Waals surface area (Å²) < 4.78 is 0. The highest BCUT2D eigenvalue weighted by Gasteiger charge is 2.10. The molecule has 0 heteroatoms. The normalized spacial score (nSPS) is 14.1. The lowest BCUT2D eigenvalue weighted by Gasteiger charge is -2.17. The van der Waals surface area contributed by atoms with E-state index in [2.05, 4.69) is 60.7 Å². The maximum Gasteiger partial charge on any atom is -0.00200 e. The molecule has 0 saturated heterocycles. The monoisotopic (exact) mass is 206 g/mol. The molecule has 1 aliphatic rings. The third-order valence-corrected chi connectivity index (χ3v) is 3.21. The second kappa shape index (κ2) is 3.97. The molecule has 0 unspecified atom stereocenters. The number of hydrogen-bond acceptors (Lipinski definition) is 0. The van der Waals surface area contributed by atoms with E-state index < -0.39 is 0 Å². The van der Waals surface area contributed by atoms with Crippen molar-refractivity contribution in [2.75, 3.05) is 0 Å². The first-order chi connectivity index (χ1) is 7.93.